The quantitative estimate of drug-likeness (QED) is 0.320. The summed E-state index contributed by atoms with van der Waals surface area (Å²) in [4.78, 5) is 0. The highest BCUT2D eigenvalue weighted by atomic mass is 16.3. The minimum atomic E-state index is -0.0137. The number of furan rings is 1. The van der Waals surface area contributed by atoms with E-state index in [0.717, 1.165) is 46.1 Å². The second-order valence-electron chi connectivity index (χ2n) is 8.00. The first kappa shape index (κ1) is 19.3. The van der Waals surface area contributed by atoms with Gasteiger partial charge in [0.25, 0.3) is 0 Å². The van der Waals surface area contributed by atoms with Gasteiger partial charge >= 0.3 is 0 Å². The van der Waals surface area contributed by atoms with E-state index in [1.54, 1.807) is 6.26 Å². The Bertz CT molecular complexity index is 1370. The van der Waals surface area contributed by atoms with Crippen molar-refractivity contribution < 1.29 is 4.42 Å². The second-order valence-corrected chi connectivity index (χ2v) is 8.00. The number of hydrogen-bond donors (Lipinski definition) is 0. The van der Waals surface area contributed by atoms with Gasteiger partial charge < -0.3 is 4.42 Å². The van der Waals surface area contributed by atoms with Gasteiger partial charge in [-0.2, -0.15) is 10.2 Å². The van der Waals surface area contributed by atoms with Crippen LogP contribution in [0, 0.1) is 0 Å². The Balaban J connectivity index is 1.50. The topological polar surface area (TPSA) is 46.6 Å². The molecule has 1 atom stereocenters. The lowest BCUT2D eigenvalue weighted by atomic mass is 9.98. The first-order valence-corrected chi connectivity index (χ1v) is 11.0. The van der Waals surface area contributed by atoms with Crippen LogP contribution in [-0.2, 0) is 0 Å². The number of para-hydroxylation sites is 2. The van der Waals surface area contributed by atoms with Crippen LogP contribution in [0.1, 0.15) is 23.8 Å². The second kappa shape index (κ2) is 8.28. The van der Waals surface area contributed by atoms with Crippen molar-refractivity contribution in [2.75, 3.05) is 5.01 Å². The van der Waals surface area contributed by atoms with Gasteiger partial charge in [-0.3, -0.25) is 5.01 Å². The molecule has 0 saturated carbocycles. The summed E-state index contributed by atoms with van der Waals surface area (Å²) in [5.74, 6) is 0.801. The van der Waals surface area contributed by atoms with Crippen LogP contribution in [0.5, 0.6) is 0 Å². The van der Waals surface area contributed by atoms with Crippen molar-refractivity contribution in [3.63, 3.8) is 0 Å². The smallest absolute Gasteiger partial charge is 0.149 e. The van der Waals surface area contributed by atoms with Crippen molar-refractivity contribution in [3.05, 3.63) is 127 Å². The summed E-state index contributed by atoms with van der Waals surface area (Å²) in [5, 5.41) is 12.1. The molecule has 0 aliphatic carbocycles. The number of nitrogens with zero attached hydrogens (tertiary/aromatic N) is 4. The molecule has 1 aliphatic heterocycles. The van der Waals surface area contributed by atoms with E-state index < -0.39 is 0 Å². The molecule has 5 nitrogen and oxygen atoms in total. The third-order valence-corrected chi connectivity index (χ3v) is 5.91. The lowest BCUT2D eigenvalue weighted by molar-refractivity contribution is 0.556. The number of anilines is 1. The summed E-state index contributed by atoms with van der Waals surface area (Å²) in [6.45, 7) is 0. The third-order valence-electron chi connectivity index (χ3n) is 5.91. The first-order valence-electron chi connectivity index (χ1n) is 11.0. The van der Waals surface area contributed by atoms with Crippen molar-refractivity contribution in [1.29, 1.82) is 0 Å². The fourth-order valence-corrected chi connectivity index (χ4v) is 4.33. The molecule has 33 heavy (non-hydrogen) atoms. The largest absolute Gasteiger partial charge is 0.463 e. The van der Waals surface area contributed by atoms with Crippen LogP contribution in [0.3, 0.4) is 0 Å². The minimum Gasteiger partial charge on any atom is -0.463 e. The van der Waals surface area contributed by atoms with Gasteiger partial charge in [0.05, 0.1) is 29.4 Å². The molecule has 3 heterocycles. The van der Waals surface area contributed by atoms with Crippen molar-refractivity contribution in [3.8, 4) is 16.9 Å². The maximum absolute atomic E-state index is 5.70. The Morgan fingerprint density at radius 3 is 2.06 bits per heavy atom. The Morgan fingerprint density at radius 1 is 0.727 bits per heavy atom. The molecule has 1 aliphatic rings. The summed E-state index contributed by atoms with van der Waals surface area (Å²) < 4.78 is 7.66. The molecule has 160 valence electrons. The van der Waals surface area contributed by atoms with E-state index in [9.17, 15) is 0 Å². The fourth-order valence-electron chi connectivity index (χ4n) is 4.33. The number of hydrogen-bond acceptors (Lipinski definition) is 4. The molecule has 5 aromatic rings. The van der Waals surface area contributed by atoms with Crippen LogP contribution in [0.4, 0.5) is 5.69 Å². The molecular formula is C28H22N4O. The van der Waals surface area contributed by atoms with E-state index in [1.807, 2.05) is 59.3 Å². The number of aromatic nitrogens is 2. The van der Waals surface area contributed by atoms with Crippen LogP contribution in [-0.4, -0.2) is 15.5 Å². The van der Waals surface area contributed by atoms with Crippen molar-refractivity contribution in [2.45, 2.75) is 12.5 Å². The highest BCUT2D eigenvalue weighted by Crippen LogP contribution is 2.40. The zero-order valence-electron chi connectivity index (χ0n) is 18.0. The van der Waals surface area contributed by atoms with Crippen LogP contribution < -0.4 is 5.01 Å². The molecule has 0 saturated heterocycles. The number of benzene rings is 3. The predicted octanol–water partition coefficient (Wildman–Crippen LogP) is 6.49. The van der Waals surface area contributed by atoms with Gasteiger partial charge in [0.2, 0.25) is 0 Å². The monoisotopic (exact) mass is 430 g/mol. The molecule has 0 amide bonds. The van der Waals surface area contributed by atoms with E-state index >= 15 is 0 Å². The van der Waals surface area contributed by atoms with E-state index in [-0.39, 0.29) is 6.04 Å². The van der Waals surface area contributed by atoms with Gasteiger partial charge in [-0.1, -0.05) is 66.7 Å². The lowest BCUT2D eigenvalue weighted by Gasteiger charge is -2.23. The fraction of sp³-hybridized carbons (Fsp3) is 0.0714. The van der Waals surface area contributed by atoms with Gasteiger partial charge in [0.15, 0.2) is 0 Å². The van der Waals surface area contributed by atoms with Crippen LogP contribution in [0.15, 0.2) is 125 Å². The van der Waals surface area contributed by atoms with Crippen molar-refractivity contribution >= 4 is 11.4 Å². The molecule has 0 bridgehead atoms. The molecule has 0 radical (unpaired) electrons. The Hall–Kier alpha value is -4.38. The highest BCUT2D eigenvalue weighted by Gasteiger charge is 2.34. The van der Waals surface area contributed by atoms with Gasteiger partial charge in [-0.05, 0) is 36.4 Å². The van der Waals surface area contributed by atoms with Crippen LogP contribution in [0.2, 0.25) is 0 Å². The van der Waals surface area contributed by atoms with Crippen LogP contribution in [0.25, 0.3) is 16.9 Å². The van der Waals surface area contributed by atoms with Gasteiger partial charge in [-0.25, -0.2) is 4.68 Å². The summed E-state index contributed by atoms with van der Waals surface area (Å²) in [6, 6.07) is 34.7. The van der Waals surface area contributed by atoms with Crippen molar-refractivity contribution in [1.82, 2.24) is 9.78 Å². The average Bonchev–Trinajstić information content (AvgIpc) is 3.65. The normalized spacial score (nSPS) is 15.6. The molecule has 3 aromatic carbocycles. The summed E-state index contributed by atoms with van der Waals surface area (Å²) in [6.07, 6.45) is 4.56. The molecule has 0 unspecified atom stereocenters. The maximum atomic E-state index is 5.70. The zero-order chi connectivity index (χ0) is 22.0. The molecule has 0 spiro atoms. The average molecular weight is 431 g/mol. The molecule has 2 aromatic heterocycles. The lowest BCUT2D eigenvalue weighted by Crippen LogP contribution is -2.18. The molecule has 0 N–H and O–H groups in total. The maximum Gasteiger partial charge on any atom is 0.149 e. The highest BCUT2D eigenvalue weighted by molar-refractivity contribution is 6.01. The first-order chi connectivity index (χ1) is 16.4. The van der Waals surface area contributed by atoms with E-state index in [2.05, 4.69) is 59.7 Å². The predicted molar refractivity (Wildman–Crippen MR) is 131 cm³/mol. The number of rotatable bonds is 5. The van der Waals surface area contributed by atoms with E-state index in [1.165, 1.54) is 0 Å². The Labute approximate surface area is 192 Å². The van der Waals surface area contributed by atoms with Gasteiger partial charge in [0.1, 0.15) is 11.5 Å². The Kier molecular flexibility index (Phi) is 4.85. The van der Waals surface area contributed by atoms with E-state index in [0.29, 0.717) is 0 Å². The molecule has 6 rings (SSSR count). The zero-order valence-corrected chi connectivity index (χ0v) is 18.0. The molecular weight excluding hydrogens is 408 g/mol. The summed E-state index contributed by atoms with van der Waals surface area (Å²) >= 11 is 0. The minimum absolute atomic E-state index is 0.0137. The Morgan fingerprint density at radius 2 is 1.39 bits per heavy atom. The van der Waals surface area contributed by atoms with Crippen molar-refractivity contribution in [2.24, 2.45) is 5.10 Å². The van der Waals surface area contributed by atoms with E-state index in [4.69, 9.17) is 14.6 Å². The SMILES string of the molecule is c1ccc(-c2nn(-c3ccccc3)cc2[C@@H]2CC(c3ccco3)=NN2c2ccccc2)cc1. The van der Waals surface area contributed by atoms with Gasteiger partial charge in [0, 0.05) is 23.7 Å². The van der Waals surface area contributed by atoms with Gasteiger partial charge in [-0.15, -0.1) is 0 Å². The third kappa shape index (κ3) is 3.64. The standard InChI is InChI=1S/C28H22N4O/c1-4-11-21(12-5-1)28-24(20-31(30-28)22-13-6-2-7-14-22)26-19-25(27-17-10-18-33-27)29-32(26)23-15-8-3-9-16-23/h1-18,20,26H,19H2/t26-/m0/s1. The molecule has 0 fully saturated rings. The number of hydrazone groups is 1. The van der Waals surface area contributed by atoms with Crippen LogP contribution >= 0.6 is 0 Å². The molecule has 5 heteroatoms. The summed E-state index contributed by atoms with van der Waals surface area (Å²) in [7, 11) is 0. The summed E-state index contributed by atoms with van der Waals surface area (Å²) in [5.41, 5.74) is 6.16.